The van der Waals surface area contributed by atoms with Crippen LogP contribution in [0.2, 0.25) is 0 Å². The van der Waals surface area contributed by atoms with Crippen LogP contribution in [0.25, 0.3) is 0 Å². The molecule has 1 aromatic rings. The first-order chi connectivity index (χ1) is 11.6. The molecule has 1 aromatic carbocycles. The molecule has 0 saturated carbocycles. The number of hydrogen-bond donors (Lipinski definition) is 1. The monoisotopic (exact) mass is 378 g/mol. The fourth-order valence-corrected chi connectivity index (χ4v) is 4.33. The number of piperidine rings is 1. The number of benzene rings is 1. The lowest BCUT2D eigenvalue weighted by Crippen LogP contribution is -2.46. The molecule has 0 spiro atoms. The van der Waals surface area contributed by atoms with Crippen molar-refractivity contribution in [1.29, 1.82) is 0 Å². The first-order valence-electron chi connectivity index (χ1n) is 8.44. The zero-order valence-corrected chi connectivity index (χ0v) is 15.3. The Labute approximate surface area is 147 Å². The molecule has 1 heterocycles. The van der Waals surface area contributed by atoms with Gasteiger partial charge in [0.15, 0.2) is 0 Å². The van der Waals surface area contributed by atoms with Gasteiger partial charge in [0.05, 0.1) is 11.3 Å². The van der Waals surface area contributed by atoms with Crippen LogP contribution in [0.4, 0.5) is 13.2 Å². The van der Waals surface area contributed by atoms with E-state index in [4.69, 9.17) is 0 Å². The molecular formula is C17H25F3N2O2S. The van der Waals surface area contributed by atoms with Crippen LogP contribution in [0.3, 0.4) is 0 Å². The number of halogens is 3. The highest BCUT2D eigenvalue weighted by atomic mass is 32.2. The third-order valence-corrected chi connectivity index (χ3v) is 5.84. The average Bonchev–Trinajstić information content (AvgIpc) is 2.52. The van der Waals surface area contributed by atoms with Gasteiger partial charge in [0.25, 0.3) is 0 Å². The number of nitrogens with zero attached hydrogens (tertiary/aromatic N) is 1. The van der Waals surface area contributed by atoms with E-state index in [1.165, 1.54) is 18.6 Å². The molecule has 8 heteroatoms. The third-order valence-electron chi connectivity index (χ3n) is 4.52. The van der Waals surface area contributed by atoms with Gasteiger partial charge in [-0.15, -0.1) is 0 Å². The van der Waals surface area contributed by atoms with Crippen molar-refractivity contribution < 1.29 is 21.6 Å². The van der Waals surface area contributed by atoms with Gasteiger partial charge in [-0.25, -0.2) is 13.1 Å². The van der Waals surface area contributed by atoms with Crippen molar-refractivity contribution in [2.24, 2.45) is 5.92 Å². The number of nitrogens with one attached hydrogen (secondary N) is 1. The van der Waals surface area contributed by atoms with Crippen LogP contribution in [0.5, 0.6) is 0 Å². The van der Waals surface area contributed by atoms with Crippen molar-refractivity contribution >= 4 is 10.0 Å². The van der Waals surface area contributed by atoms with Crippen molar-refractivity contribution in [3.63, 3.8) is 0 Å². The van der Waals surface area contributed by atoms with Gasteiger partial charge >= 0.3 is 6.18 Å². The quantitative estimate of drug-likeness (QED) is 0.827. The van der Waals surface area contributed by atoms with Crippen LogP contribution in [0, 0.1) is 5.92 Å². The molecule has 1 aliphatic heterocycles. The first-order valence-corrected chi connectivity index (χ1v) is 10.1. The predicted octanol–water partition coefficient (Wildman–Crippen LogP) is 3.25. The lowest BCUT2D eigenvalue weighted by atomic mass is 9.99. The van der Waals surface area contributed by atoms with Gasteiger partial charge in [-0.3, -0.25) is 4.90 Å². The predicted molar refractivity (Wildman–Crippen MR) is 91.5 cm³/mol. The molecule has 0 aliphatic carbocycles. The molecule has 0 bridgehead atoms. The largest absolute Gasteiger partial charge is 0.416 e. The Morgan fingerprint density at radius 3 is 2.72 bits per heavy atom. The summed E-state index contributed by atoms with van der Waals surface area (Å²) in [5.74, 6) is 0.137. The second-order valence-electron chi connectivity index (χ2n) is 6.90. The number of rotatable bonds is 6. The second-order valence-corrected chi connectivity index (χ2v) is 8.70. The van der Waals surface area contributed by atoms with Crippen molar-refractivity contribution in [2.45, 2.75) is 44.7 Å². The van der Waals surface area contributed by atoms with Gasteiger partial charge in [0.1, 0.15) is 0 Å². The summed E-state index contributed by atoms with van der Waals surface area (Å²) < 4.78 is 65.1. The van der Waals surface area contributed by atoms with E-state index in [0.717, 1.165) is 31.6 Å². The zero-order chi connectivity index (χ0) is 18.7. The van der Waals surface area contributed by atoms with Crippen molar-refractivity contribution in [3.8, 4) is 0 Å². The molecule has 1 saturated heterocycles. The molecule has 2 rings (SSSR count). The number of alkyl halides is 3. The topological polar surface area (TPSA) is 49.4 Å². The van der Waals surface area contributed by atoms with Crippen LogP contribution in [0.1, 0.15) is 37.8 Å². The Morgan fingerprint density at radius 1 is 1.36 bits per heavy atom. The molecule has 2 atom stereocenters. The van der Waals surface area contributed by atoms with E-state index >= 15 is 0 Å². The average molecular weight is 378 g/mol. The Morgan fingerprint density at radius 2 is 2.08 bits per heavy atom. The van der Waals surface area contributed by atoms with E-state index in [1.54, 1.807) is 0 Å². The summed E-state index contributed by atoms with van der Waals surface area (Å²) in [5, 5.41) is 0. The second kappa shape index (κ2) is 8.05. The van der Waals surface area contributed by atoms with Crippen molar-refractivity contribution in [3.05, 3.63) is 35.4 Å². The maximum atomic E-state index is 12.7. The molecule has 1 fully saturated rings. The van der Waals surface area contributed by atoms with Gasteiger partial charge < -0.3 is 0 Å². The Balaban J connectivity index is 1.93. The smallest absolute Gasteiger partial charge is 0.299 e. The molecule has 1 N–H and O–H groups in total. The number of likely N-dealkylation sites (tertiary alicyclic amines) is 1. The maximum Gasteiger partial charge on any atom is 0.416 e. The van der Waals surface area contributed by atoms with E-state index in [0.29, 0.717) is 5.92 Å². The SMILES string of the molecule is CC1CCCN(C(C)CNS(=O)(=O)Cc2cccc(C(F)(F)F)c2)C1. The van der Waals surface area contributed by atoms with Crippen LogP contribution < -0.4 is 4.72 Å². The molecule has 1 aliphatic rings. The minimum Gasteiger partial charge on any atom is -0.299 e. The van der Waals surface area contributed by atoms with Crippen molar-refractivity contribution in [2.75, 3.05) is 19.6 Å². The summed E-state index contributed by atoms with van der Waals surface area (Å²) >= 11 is 0. The molecule has 0 amide bonds. The summed E-state index contributed by atoms with van der Waals surface area (Å²) in [6.45, 7) is 6.28. The highest BCUT2D eigenvalue weighted by Gasteiger charge is 2.30. The minimum atomic E-state index is -4.48. The number of hydrogen-bond acceptors (Lipinski definition) is 3. The standard InChI is InChI=1S/C17H25F3N2O2S/c1-13-5-4-8-22(11-13)14(2)10-21-25(23,24)12-15-6-3-7-16(9-15)17(18,19)20/h3,6-7,9,13-14,21H,4-5,8,10-12H2,1-2H3. The van der Waals surface area contributed by atoms with Crippen molar-refractivity contribution in [1.82, 2.24) is 9.62 Å². The van der Waals surface area contributed by atoms with Gasteiger partial charge in [-0.2, -0.15) is 13.2 Å². The van der Waals surface area contributed by atoms with Crippen LogP contribution in [-0.4, -0.2) is 39.0 Å². The molecular weight excluding hydrogens is 353 g/mol. The van der Waals surface area contributed by atoms with Gasteiger partial charge in [-0.05, 0) is 43.9 Å². The van der Waals surface area contributed by atoms with Crippen LogP contribution in [0.15, 0.2) is 24.3 Å². The normalized spacial score (nSPS) is 21.2. The Hall–Kier alpha value is -1.12. The van der Waals surface area contributed by atoms with Gasteiger partial charge in [0.2, 0.25) is 10.0 Å². The lowest BCUT2D eigenvalue weighted by Gasteiger charge is -2.35. The first kappa shape index (κ1) is 20.2. The maximum absolute atomic E-state index is 12.7. The summed E-state index contributed by atoms with van der Waals surface area (Å²) in [6.07, 6.45) is -2.19. The van der Waals surface area contributed by atoms with Gasteiger partial charge in [0, 0.05) is 19.1 Å². The third kappa shape index (κ3) is 6.27. The summed E-state index contributed by atoms with van der Waals surface area (Å²) in [7, 11) is -3.69. The van der Waals surface area contributed by atoms with E-state index < -0.39 is 27.5 Å². The Bertz CT molecular complexity index is 677. The van der Waals surface area contributed by atoms with E-state index in [2.05, 4.69) is 16.5 Å². The van der Waals surface area contributed by atoms with Gasteiger partial charge in [-0.1, -0.05) is 25.1 Å². The highest BCUT2D eigenvalue weighted by Crippen LogP contribution is 2.29. The zero-order valence-electron chi connectivity index (χ0n) is 14.5. The molecule has 25 heavy (non-hydrogen) atoms. The van der Waals surface area contributed by atoms with E-state index in [1.807, 2.05) is 6.92 Å². The fraction of sp³-hybridized carbons (Fsp3) is 0.647. The molecule has 0 aromatic heterocycles. The van der Waals surface area contributed by atoms with E-state index in [9.17, 15) is 21.6 Å². The fourth-order valence-electron chi connectivity index (χ4n) is 3.11. The molecule has 142 valence electrons. The molecule has 4 nitrogen and oxygen atoms in total. The minimum absolute atomic E-state index is 0.0547. The summed E-state index contributed by atoms with van der Waals surface area (Å²) in [6, 6.07) is 4.49. The van der Waals surface area contributed by atoms with Crippen LogP contribution in [-0.2, 0) is 22.0 Å². The molecule has 0 radical (unpaired) electrons. The molecule has 2 unspecified atom stereocenters. The lowest BCUT2D eigenvalue weighted by molar-refractivity contribution is -0.137. The van der Waals surface area contributed by atoms with E-state index in [-0.39, 0.29) is 18.2 Å². The highest BCUT2D eigenvalue weighted by molar-refractivity contribution is 7.88. The number of sulfonamides is 1. The van der Waals surface area contributed by atoms with Crippen LogP contribution >= 0.6 is 0 Å². The Kier molecular flexibility index (Phi) is 6.51. The summed E-state index contributed by atoms with van der Waals surface area (Å²) in [4.78, 5) is 2.25. The summed E-state index contributed by atoms with van der Waals surface area (Å²) in [5.41, 5.74) is -0.711.